The van der Waals surface area contributed by atoms with Gasteiger partial charge in [-0.1, -0.05) is 39.8 Å². The molecule has 0 saturated heterocycles. The number of thiazole rings is 1. The summed E-state index contributed by atoms with van der Waals surface area (Å²) in [6.45, 7) is 9.12. The van der Waals surface area contributed by atoms with Crippen molar-refractivity contribution in [2.45, 2.75) is 45.9 Å². The van der Waals surface area contributed by atoms with Crippen LogP contribution in [0.3, 0.4) is 0 Å². The first-order valence-corrected chi connectivity index (χ1v) is 8.10. The number of benzene rings is 1. The van der Waals surface area contributed by atoms with Crippen molar-refractivity contribution in [1.29, 1.82) is 0 Å². The van der Waals surface area contributed by atoms with Crippen LogP contribution in [0.2, 0.25) is 0 Å². The lowest BCUT2D eigenvalue weighted by Gasteiger charge is -2.28. The molecule has 0 aliphatic rings. The lowest BCUT2D eigenvalue weighted by molar-refractivity contribution is 0.244. The van der Waals surface area contributed by atoms with Gasteiger partial charge >= 0.3 is 0 Å². The summed E-state index contributed by atoms with van der Waals surface area (Å²) in [6.07, 6.45) is 1.92. The summed E-state index contributed by atoms with van der Waals surface area (Å²) >= 11 is 8.28. The Labute approximate surface area is 125 Å². The Hall–Kier alpha value is -0.600. The molecule has 3 heteroatoms. The molecule has 0 spiro atoms. The fourth-order valence-electron chi connectivity index (χ4n) is 2.02. The monoisotopic (exact) mass is 295 g/mol. The van der Waals surface area contributed by atoms with Crippen molar-refractivity contribution in [2.24, 2.45) is 11.3 Å². The molecule has 19 heavy (non-hydrogen) atoms. The number of alkyl halides is 1. The molecule has 2 rings (SSSR count). The van der Waals surface area contributed by atoms with E-state index in [1.54, 1.807) is 11.3 Å². The van der Waals surface area contributed by atoms with Gasteiger partial charge in [0, 0.05) is 11.8 Å². The molecular formula is C16H22ClNS. The van der Waals surface area contributed by atoms with E-state index in [4.69, 9.17) is 11.6 Å². The van der Waals surface area contributed by atoms with Crippen LogP contribution in [0.4, 0.5) is 0 Å². The van der Waals surface area contributed by atoms with Gasteiger partial charge in [0.25, 0.3) is 0 Å². The SMILES string of the molecule is CC(CC(Cl)Cc1nc2ccccc2s1)C(C)(C)C. The van der Waals surface area contributed by atoms with Crippen molar-refractivity contribution in [3.8, 4) is 0 Å². The highest BCUT2D eigenvalue weighted by molar-refractivity contribution is 7.18. The molecule has 2 atom stereocenters. The summed E-state index contributed by atoms with van der Waals surface area (Å²) in [4.78, 5) is 4.66. The van der Waals surface area contributed by atoms with E-state index < -0.39 is 0 Å². The molecule has 0 bridgehead atoms. The van der Waals surface area contributed by atoms with Gasteiger partial charge in [-0.05, 0) is 29.9 Å². The lowest BCUT2D eigenvalue weighted by atomic mass is 9.79. The van der Waals surface area contributed by atoms with Gasteiger partial charge < -0.3 is 0 Å². The Morgan fingerprint density at radius 1 is 1.26 bits per heavy atom. The molecule has 0 radical (unpaired) electrons. The summed E-state index contributed by atoms with van der Waals surface area (Å²) in [7, 11) is 0. The Bertz CT molecular complexity index is 508. The van der Waals surface area contributed by atoms with E-state index >= 15 is 0 Å². The maximum absolute atomic E-state index is 6.51. The van der Waals surface area contributed by atoms with E-state index in [9.17, 15) is 0 Å². The van der Waals surface area contributed by atoms with Gasteiger partial charge in [0.2, 0.25) is 0 Å². The second-order valence-electron chi connectivity index (χ2n) is 6.38. The molecule has 0 fully saturated rings. The van der Waals surface area contributed by atoms with Crippen molar-refractivity contribution < 1.29 is 0 Å². The lowest BCUT2D eigenvalue weighted by Crippen LogP contribution is -2.21. The molecule has 0 saturated carbocycles. The fraction of sp³-hybridized carbons (Fsp3) is 0.562. The molecule has 0 amide bonds. The van der Waals surface area contributed by atoms with Crippen LogP contribution >= 0.6 is 22.9 Å². The van der Waals surface area contributed by atoms with Crippen molar-refractivity contribution in [3.05, 3.63) is 29.3 Å². The summed E-state index contributed by atoms with van der Waals surface area (Å²) in [5.74, 6) is 0.615. The van der Waals surface area contributed by atoms with Crippen molar-refractivity contribution >= 4 is 33.2 Å². The average molecular weight is 296 g/mol. The van der Waals surface area contributed by atoms with Gasteiger partial charge in [0.1, 0.15) is 0 Å². The minimum absolute atomic E-state index is 0.176. The molecule has 0 aliphatic carbocycles. The first-order valence-electron chi connectivity index (χ1n) is 6.85. The second-order valence-corrected chi connectivity index (χ2v) is 8.11. The van der Waals surface area contributed by atoms with E-state index in [0.717, 1.165) is 23.4 Å². The minimum atomic E-state index is 0.176. The number of rotatable bonds is 4. The number of hydrogen-bond acceptors (Lipinski definition) is 2. The van der Waals surface area contributed by atoms with Crippen LogP contribution in [0.15, 0.2) is 24.3 Å². The second kappa shape index (κ2) is 5.80. The summed E-state index contributed by atoms with van der Waals surface area (Å²) < 4.78 is 1.25. The zero-order valence-corrected chi connectivity index (χ0v) is 13.7. The van der Waals surface area contributed by atoms with E-state index in [2.05, 4.69) is 50.9 Å². The number of para-hydroxylation sites is 1. The summed E-state index contributed by atoms with van der Waals surface area (Å²) in [5.41, 5.74) is 1.41. The molecule has 1 nitrogen and oxygen atoms in total. The van der Waals surface area contributed by atoms with Gasteiger partial charge in [-0.25, -0.2) is 4.98 Å². The smallest absolute Gasteiger partial charge is 0.0953 e. The quantitative estimate of drug-likeness (QED) is 0.677. The molecule has 1 heterocycles. The number of nitrogens with zero attached hydrogens (tertiary/aromatic N) is 1. The van der Waals surface area contributed by atoms with Gasteiger partial charge in [-0.2, -0.15) is 0 Å². The predicted molar refractivity (Wildman–Crippen MR) is 86.2 cm³/mol. The molecule has 2 aromatic rings. The molecule has 2 unspecified atom stereocenters. The van der Waals surface area contributed by atoms with Crippen molar-refractivity contribution in [1.82, 2.24) is 4.98 Å². The minimum Gasteiger partial charge on any atom is -0.241 e. The number of aromatic nitrogens is 1. The first kappa shape index (κ1) is 14.8. The van der Waals surface area contributed by atoms with E-state index in [0.29, 0.717) is 11.3 Å². The average Bonchev–Trinajstić information content (AvgIpc) is 2.69. The topological polar surface area (TPSA) is 12.9 Å². The molecule has 0 N–H and O–H groups in total. The van der Waals surface area contributed by atoms with Crippen LogP contribution < -0.4 is 0 Å². The Morgan fingerprint density at radius 2 is 1.95 bits per heavy atom. The molecule has 1 aromatic carbocycles. The maximum Gasteiger partial charge on any atom is 0.0953 e. The van der Waals surface area contributed by atoms with Crippen LogP contribution in [0.5, 0.6) is 0 Å². The highest BCUT2D eigenvalue weighted by Crippen LogP contribution is 2.32. The van der Waals surface area contributed by atoms with Crippen LogP contribution in [-0.4, -0.2) is 10.4 Å². The van der Waals surface area contributed by atoms with Gasteiger partial charge in [-0.15, -0.1) is 22.9 Å². The summed E-state index contributed by atoms with van der Waals surface area (Å²) in [5, 5.41) is 1.33. The van der Waals surface area contributed by atoms with E-state index in [1.165, 1.54) is 4.70 Å². The van der Waals surface area contributed by atoms with Crippen LogP contribution in [0.25, 0.3) is 10.2 Å². The normalized spacial score (nSPS) is 15.6. The molecule has 0 aliphatic heterocycles. The van der Waals surface area contributed by atoms with Crippen LogP contribution in [-0.2, 0) is 6.42 Å². The van der Waals surface area contributed by atoms with Gasteiger partial charge in [0.05, 0.1) is 15.2 Å². The third-order valence-electron chi connectivity index (χ3n) is 3.82. The number of fused-ring (bicyclic) bond motifs is 1. The predicted octanol–water partition coefficient (Wildman–Crippen LogP) is 5.52. The van der Waals surface area contributed by atoms with Crippen molar-refractivity contribution in [3.63, 3.8) is 0 Å². The highest BCUT2D eigenvalue weighted by Gasteiger charge is 2.23. The Kier molecular flexibility index (Phi) is 4.52. The third-order valence-corrected chi connectivity index (χ3v) is 5.21. The fourth-order valence-corrected chi connectivity index (χ4v) is 3.57. The largest absolute Gasteiger partial charge is 0.241 e. The van der Waals surface area contributed by atoms with Gasteiger partial charge in [-0.3, -0.25) is 0 Å². The number of hydrogen-bond donors (Lipinski definition) is 0. The third kappa shape index (κ3) is 3.93. The standard InChI is InChI=1S/C16H22ClNS/c1-11(16(2,3)4)9-12(17)10-15-18-13-7-5-6-8-14(13)19-15/h5-8,11-12H,9-10H2,1-4H3. The summed E-state index contributed by atoms with van der Waals surface area (Å²) in [6, 6.07) is 8.28. The molecule has 1 aromatic heterocycles. The molecule has 104 valence electrons. The Balaban J connectivity index is 2.00. The van der Waals surface area contributed by atoms with Crippen LogP contribution in [0.1, 0.15) is 39.1 Å². The molecular weight excluding hydrogens is 274 g/mol. The van der Waals surface area contributed by atoms with Gasteiger partial charge in [0.15, 0.2) is 0 Å². The Morgan fingerprint density at radius 3 is 2.58 bits per heavy atom. The first-order chi connectivity index (χ1) is 8.86. The maximum atomic E-state index is 6.51. The van der Waals surface area contributed by atoms with Crippen molar-refractivity contribution in [2.75, 3.05) is 0 Å². The van der Waals surface area contributed by atoms with E-state index in [-0.39, 0.29) is 5.38 Å². The highest BCUT2D eigenvalue weighted by atomic mass is 35.5. The zero-order valence-electron chi connectivity index (χ0n) is 12.1. The van der Waals surface area contributed by atoms with E-state index in [1.807, 2.05) is 6.07 Å². The van der Waals surface area contributed by atoms with Crippen LogP contribution in [0, 0.1) is 11.3 Å². The number of halogens is 1. The zero-order chi connectivity index (χ0) is 14.0.